The minimum atomic E-state index is -2.63. The maximum Gasteiger partial charge on any atom is -1.00 e. The molecule has 1 atom stereocenters. The predicted molar refractivity (Wildman–Crippen MR) is 154 cm³/mol. The van der Waals surface area contributed by atoms with Crippen LogP contribution in [0.4, 0.5) is 0 Å². The Hall–Kier alpha value is -2.31. The van der Waals surface area contributed by atoms with Crippen molar-refractivity contribution < 1.29 is 46.1 Å². The number of benzene rings is 4. The van der Waals surface area contributed by atoms with Crippen molar-refractivity contribution in [2.75, 3.05) is 0 Å². The largest absolute Gasteiger partial charge is 1.00 e. The molecule has 3 heteroatoms. The molecule has 194 valence electrons. The fourth-order valence-electron chi connectivity index (χ4n) is 6.72. The van der Waals surface area contributed by atoms with Gasteiger partial charge >= 0.3 is 230 Å². The van der Waals surface area contributed by atoms with Crippen LogP contribution in [0, 0.1) is 11.3 Å². The summed E-state index contributed by atoms with van der Waals surface area (Å²) in [5.74, 6) is 0.482. The van der Waals surface area contributed by atoms with Gasteiger partial charge in [-0.15, -0.1) is 0 Å². The van der Waals surface area contributed by atoms with Crippen LogP contribution in [0.25, 0.3) is 22.3 Å². The summed E-state index contributed by atoms with van der Waals surface area (Å²) in [5.41, 5.74) is 13.4. The second kappa shape index (κ2) is 10.6. The van der Waals surface area contributed by atoms with Crippen LogP contribution in [-0.2, 0) is 21.3 Å². The molecule has 3 aliphatic carbocycles. The number of rotatable bonds is 2. The molecular weight excluding hydrogens is 595 g/mol. The van der Waals surface area contributed by atoms with Crippen molar-refractivity contribution in [2.45, 2.75) is 31.3 Å². The summed E-state index contributed by atoms with van der Waals surface area (Å²) in [6, 6.07) is 36.9. The van der Waals surface area contributed by atoms with Crippen molar-refractivity contribution >= 4 is 3.21 Å². The minimum Gasteiger partial charge on any atom is -1.00 e. The summed E-state index contributed by atoms with van der Waals surface area (Å²) in [6.07, 6.45) is 5.20. The molecule has 4 aromatic rings. The van der Waals surface area contributed by atoms with E-state index in [0.29, 0.717) is 9.54 Å². The van der Waals surface area contributed by atoms with E-state index in [4.69, 9.17) is 0 Å². The number of allylic oxidation sites excluding steroid dienone is 4. The Bertz CT molecular complexity index is 1590. The molecule has 0 bridgehead atoms. The quantitative estimate of drug-likeness (QED) is 0.283. The van der Waals surface area contributed by atoms with E-state index < -0.39 is 21.3 Å². The number of fused-ring (bicyclic) bond motifs is 6. The molecule has 3 aliphatic rings. The Labute approximate surface area is 252 Å². The van der Waals surface area contributed by atoms with E-state index in [1.807, 2.05) is 0 Å². The Morgan fingerprint density at radius 2 is 0.974 bits per heavy atom. The molecule has 4 aromatic carbocycles. The third-order valence-electron chi connectivity index (χ3n) is 8.48. The van der Waals surface area contributed by atoms with Crippen molar-refractivity contribution in [3.63, 3.8) is 0 Å². The number of hydrogen-bond donors (Lipinski definition) is 0. The molecule has 0 saturated carbocycles. The van der Waals surface area contributed by atoms with Gasteiger partial charge in [-0.1, -0.05) is 0 Å². The van der Waals surface area contributed by atoms with Crippen molar-refractivity contribution in [3.8, 4) is 22.3 Å². The fourth-order valence-corrected chi connectivity index (χ4v) is 16.4. The maximum atomic E-state index is 2.64. The van der Waals surface area contributed by atoms with Crippen molar-refractivity contribution in [2.24, 2.45) is 11.3 Å². The SMILES string of the molecule is CC1C=C(C(C)(C)C)C=[C]1[Zr+2](=[C]1c2ccccc2-c2ccccc21)[CH]1c2ccccc2-c2ccccc21.[Cl-].[Cl-]. The van der Waals surface area contributed by atoms with Gasteiger partial charge in [0.1, 0.15) is 0 Å². The van der Waals surface area contributed by atoms with Gasteiger partial charge in [0.2, 0.25) is 0 Å². The molecule has 0 heterocycles. The standard InChI is InChI=1S/C13H9.C13H8.C10H15.2ClH.Zr/c2*1-3-7-12-10(5-1)9-11-6-2-4-8-13(11)12;1-8-5-6-9(7-8)10(2,3)4;;;/h1-9H;1-8H;6-8H,1-4H3;2*1H;/q;;;;;+2/p-2. The van der Waals surface area contributed by atoms with Crippen LogP contribution >= 0.6 is 0 Å². The smallest absolute Gasteiger partial charge is 1.00 e. The van der Waals surface area contributed by atoms with Gasteiger partial charge in [0.25, 0.3) is 0 Å². The molecule has 0 spiro atoms. The van der Waals surface area contributed by atoms with Crippen LogP contribution < -0.4 is 24.8 Å². The van der Waals surface area contributed by atoms with Crippen LogP contribution in [0.5, 0.6) is 0 Å². The zero-order valence-electron chi connectivity index (χ0n) is 22.8. The zero-order valence-corrected chi connectivity index (χ0v) is 26.8. The Morgan fingerprint density at radius 1 is 0.564 bits per heavy atom. The molecule has 7 rings (SSSR count). The summed E-state index contributed by atoms with van der Waals surface area (Å²) in [6.45, 7) is 9.54. The molecule has 0 amide bonds. The van der Waals surface area contributed by atoms with Gasteiger partial charge in [-0.05, 0) is 0 Å². The average Bonchev–Trinajstić information content (AvgIpc) is 3.56. The fraction of sp³-hybridized carbons (Fsp3) is 0.194. The van der Waals surface area contributed by atoms with Gasteiger partial charge in [-0.25, -0.2) is 0 Å². The van der Waals surface area contributed by atoms with Crippen LogP contribution in [0.2, 0.25) is 0 Å². The molecule has 0 fully saturated rings. The first-order valence-corrected chi connectivity index (χ1v) is 17.4. The van der Waals surface area contributed by atoms with Gasteiger partial charge in [-0.2, -0.15) is 0 Å². The van der Waals surface area contributed by atoms with E-state index in [2.05, 4.69) is 137 Å². The van der Waals surface area contributed by atoms with E-state index >= 15 is 0 Å². The molecule has 0 nitrogen and oxygen atoms in total. The molecule has 0 radical (unpaired) electrons. The summed E-state index contributed by atoms with van der Waals surface area (Å²) < 4.78 is 3.91. The first-order valence-electron chi connectivity index (χ1n) is 13.5. The predicted octanol–water partition coefficient (Wildman–Crippen LogP) is 3.14. The van der Waals surface area contributed by atoms with E-state index in [1.165, 1.54) is 39.0 Å². The van der Waals surface area contributed by atoms with Crippen LogP contribution in [0.3, 0.4) is 0 Å². The van der Waals surface area contributed by atoms with Gasteiger partial charge in [-0.3, -0.25) is 0 Å². The molecular formula is C36H32Cl2Zr. The second-order valence-electron chi connectivity index (χ2n) is 11.7. The summed E-state index contributed by atoms with van der Waals surface area (Å²) in [7, 11) is 0. The third-order valence-corrected chi connectivity index (χ3v) is 17.1. The first kappa shape index (κ1) is 28.2. The van der Waals surface area contributed by atoms with Crippen molar-refractivity contribution in [1.82, 2.24) is 0 Å². The van der Waals surface area contributed by atoms with Gasteiger partial charge in [0, 0.05) is 0 Å². The van der Waals surface area contributed by atoms with Crippen LogP contribution in [0.15, 0.2) is 118 Å². The molecule has 0 aliphatic heterocycles. The Kier molecular flexibility index (Phi) is 7.67. The third kappa shape index (κ3) is 4.42. The monoisotopic (exact) mass is 624 g/mol. The molecule has 0 saturated heterocycles. The minimum absolute atomic E-state index is 0. The maximum absolute atomic E-state index is 2.64. The van der Waals surface area contributed by atoms with Crippen molar-refractivity contribution in [3.05, 3.63) is 140 Å². The normalized spacial score (nSPS) is 16.5. The second-order valence-corrected chi connectivity index (χ2v) is 17.8. The average molecular weight is 627 g/mol. The first-order chi connectivity index (χ1) is 17.9. The Balaban J connectivity index is 0.00000154. The summed E-state index contributed by atoms with van der Waals surface area (Å²) in [5, 5.41) is 0. The molecule has 0 N–H and O–H groups in total. The van der Waals surface area contributed by atoms with E-state index in [-0.39, 0.29) is 30.2 Å². The Morgan fingerprint density at radius 3 is 1.41 bits per heavy atom. The van der Waals surface area contributed by atoms with Crippen LogP contribution in [-0.4, -0.2) is 3.21 Å². The number of halogens is 2. The van der Waals surface area contributed by atoms with Crippen molar-refractivity contribution in [1.29, 1.82) is 0 Å². The van der Waals surface area contributed by atoms with E-state index in [9.17, 15) is 0 Å². The number of hydrogen-bond acceptors (Lipinski definition) is 0. The summed E-state index contributed by atoms with van der Waals surface area (Å²) >= 11 is -2.63. The molecule has 1 unspecified atom stereocenters. The summed E-state index contributed by atoms with van der Waals surface area (Å²) in [4.78, 5) is 0. The van der Waals surface area contributed by atoms with E-state index in [0.717, 1.165) is 0 Å². The van der Waals surface area contributed by atoms with Gasteiger partial charge in [0.15, 0.2) is 0 Å². The zero-order chi connectivity index (χ0) is 25.3. The molecule has 39 heavy (non-hydrogen) atoms. The van der Waals surface area contributed by atoms with Crippen LogP contribution in [0.1, 0.15) is 53.6 Å². The van der Waals surface area contributed by atoms with Gasteiger partial charge < -0.3 is 24.8 Å². The van der Waals surface area contributed by atoms with E-state index in [1.54, 1.807) is 17.6 Å². The molecule has 0 aromatic heterocycles. The van der Waals surface area contributed by atoms with Gasteiger partial charge in [0.05, 0.1) is 0 Å². The topological polar surface area (TPSA) is 0 Å².